The first-order valence-corrected chi connectivity index (χ1v) is 7.00. The second-order valence-corrected chi connectivity index (χ2v) is 5.36. The summed E-state index contributed by atoms with van der Waals surface area (Å²) < 4.78 is 0. The third-order valence-corrected chi connectivity index (χ3v) is 3.78. The number of hydrogen-bond acceptors (Lipinski definition) is 4. The van der Waals surface area contributed by atoms with E-state index >= 15 is 0 Å². The zero-order valence-corrected chi connectivity index (χ0v) is 11.9. The SMILES string of the molecule is Cc1cccc(NC(=O)CCc2csc(N)n2)c1C. The van der Waals surface area contributed by atoms with Crippen LogP contribution in [0, 0.1) is 13.8 Å². The number of nitrogens with two attached hydrogens (primary N) is 1. The molecule has 1 aromatic heterocycles. The fraction of sp³-hybridized carbons (Fsp3) is 0.286. The van der Waals surface area contributed by atoms with Crippen molar-refractivity contribution in [2.45, 2.75) is 26.7 Å². The van der Waals surface area contributed by atoms with E-state index in [9.17, 15) is 4.79 Å². The highest BCUT2D eigenvalue weighted by atomic mass is 32.1. The normalized spacial score (nSPS) is 10.4. The molecule has 1 aromatic carbocycles. The molecular formula is C14H17N3OS. The molecule has 1 heterocycles. The molecule has 3 N–H and O–H groups in total. The van der Waals surface area contributed by atoms with Gasteiger partial charge < -0.3 is 11.1 Å². The lowest BCUT2D eigenvalue weighted by Gasteiger charge is -2.09. The van der Waals surface area contributed by atoms with Crippen molar-refractivity contribution in [1.82, 2.24) is 4.98 Å². The topological polar surface area (TPSA) is 68.0 Å². The maximum absolute atomic E-state index is 11.9. The van der Waals surface area contributed by atoms with Crippen LogP contribution in [0.5, 0.6) is 0 Å². The van der Waals surface area contributed by atoms with E-state index in [0.29, 0.717) is 18.0 Å². The Kier molecular flexibility index (Phi) is 4.16. The van der Waals surface area contributed by atoms with Crippen molar-refractivity contribution in [3.05, 3.63) is 40.4 Å². The van der Waals surface area contributed by atoms with Gasteiger partial charge in [-0.25, -0.2) is 4.98 Å². The number of carbonyl (C=O) groups is 1. The highest BCUT2D eigenvalue weighted by Crippen LogP contribution is 2.18. The third-order valence-electron chi connectivity index (χ3n) is 3.06. The molecule has 19 heavy (non-hydrogen) atoms. The molecule has 0 aliphatic heterocycles. The Morgan fingerprint density at radius 1 is 1.42 bits per heavy atom. The summed E-state index contributed by atoms with van der Waals surface area (Å²) in [5.41, 5.74) is 9.58. The van der Waals surface area contributed by atoms with Crippen molar-refractivity contribution < 1.29 is 4.79 Å². The average Bonchev–Trinajstić information content (AvgIpc) is 2.78. The van der Waals surface area contributed by atoms with Gasteiger partial charge in [0, 0.05) is 17.5 Å². The number of aryl methyl sites for hydroxylation is 2. The third kappa shape index (κ3) is 3.54. The van der Waals surface area contributed by atoms with Gasteiger partial charge in [0.15, 0.2) is 5.13 Å². The summed E-state index contributed by atoms with van der Waals surface area (Å²) in [6, 6.07) is 5.89. The number of thiazole rings is 1. The monoisotopic (exact) mass is 275 g/mol. The standard InChI is InChI=1S/C14H17N3OS/c1-9-4-3-5-12(10(9)2)17-13(18)7-6-11-8-19-14(15)16-11/h3-5,8H,6-7H2,1-2H3,(H2,15,16)(H,17,18). The Morgan fingerprint density at radius 2 is 2.21 bits per heavy atom. The number of hydrogen-bond donors (Lipinski definition) is 2. The second kappa shape index (κ2) is 5.84. The number of benzene rings is 1. The number of aromatic nitrogens is 1. The van der Waals surface area contributed by atoms with Gasteiger partial charge in [0.25, 0.3) is 0 Å². The molecule has 5 heteroatoms. The molecule has 0 aliphatic rings. The van der Waals surface area contributed by atoms with Gasteiger partial charge in [0.05, 0.1) is 5.69 Å². The molecule has 0 atom stereocenters. The summed E-state index contributed by atoms with van der Waals surface area (Å²) in [5.74, 6) is 0.000251. The highest BCUT2D eigenvalue weighted by Gasteiger charge is 2.07. The molecule has 4 nitrogen and oxygen atoms in total. The second-order valence-electron chi connectivity index (χ2n) is 4.47. The van der Waals surface area contributed by atoms with E-state index in [4.69, 9.17) is 5.73 Å². The Labute approximate surface area is 116 Å². The summed E-state index contributed by atoms with van der Waals surface area (Å²) in [4.78, 5) is 16.0. The van der Waals surface area contributed by atoms with E-state index in [1.54, 1.807) is 0 Å². The smallest absolute Gasteiger partial charge is 0.224 e. The molecule has 0 unspecified atom stereocenters. The van der Waals surface area contributed by atoms with E-state index in [-0.39, 0.29) is 5.91 Å². The van der Waals surface area contributed by atoms with Crippen LogP contribution in [-0.4, -0.2) is 10.9 Å². The molecule has 0 saturated carbocycles. The predicted molar refractivity (Wildman–Crippen MR) is 79.4 cm³/mol. The van der Waals surface area contributed by atoms with Crippen LogP contribution in [0.3, 0.4) is 0 Å². The van der Waals surface area contributed by atoms with Gasteiger partial charge in [-0.1, -0.05) is 12.1 Å². The fourth-order valence-electron chi connectivity index (χ4n) is 1.78. The number of nitrogen functional groups attached to an aromatic ring is 1. The van der Waals surface area contributed by atoms with Gasteiger partial charge in [-0.2, -0.15) is 0 Å². The van der Waals surface area contributed by atoms with Gasteiger partial charge in [-0.3, -0.25) is 4.79 Å². The Bertz CT molecular complexity index is 592. The van der Waals surface area contributed by atoms with Crippen molar-refractivity contribution in [3.63, 3.8) is 0 Å². The number of carbonyl (C=O) groups excluding carboxylic acids is 1. The molecule has 1 amide bonds. The van der Waals surface area contributed by atoms with Crippen LogP contribution in [0.15, 0.2) is 23.6 Å². The lowest BCUT2D eigenvalue weighted by molar-refractivity contribution is -0.116. The van der Waals surface area contributed by atoms with Crippen LogP contribution >= 0.6 is 11.3 Å². The lowest BCUT2D eigenvalue weighted by Crippen LogP contribution is -2.13. The van der Waals surface area contributed by atoms with Crippen LogP contribution in [0.2, 0.25) is 0 Å². The minimum Gasteiger partial charge on any atom is -0.375 e. The van der Waals surface area contributed by atoms with Crippen LogP contribution in [0.25, 0.3) is 0 Å². The Balaban J connectivity index is 1.92. The first-order valence-electron chi connectivity index (χ1n) is 6.12. The minimum absolute atomic E-state index is 0.000251. The van der Waals surface area contributed by atoms with Crippen molar-refractivity contribution in [3.8, 4) is 0 Å². The van der Waals surface area contributed by atoms with Crippen molar-refractivity contribution in [2.24, 2.45) is 0 Å². The first kappa shape index (κ1) is 13.5. The molecular weight excluding hydrogens is 258 g/mol. The molecule has 100 valence electrons. The van der Waals surface area contributed by atoms with Gasteiger partial charge in [-0.05, 0) is 37.5 Å². The summed E-state index contributed by atoms with van der Waals surface area (Å²) in [5, 5.41) is 5.37. The van der Waals surface area contributed by atoms with Crippen LogP contribution in [0.1, 0.15) is 23.2 Å². The van der Waals surface area contributed by atoms with E-state index in [1.807, 2.05) is 37.4 Å². The van der Waals surface area contributed by atoms with Gasteiger partial charge in [0.1, 0.15) is 0 Å². The summed E-state index contributed by atoms with van der Waals surface area (Å²) in [6.07, 6.45) is 1.03. The number of nitrogens with zero attached hydrogens (tertiary/aromatic N) is 1. The molecule has 0 fully saturated rings. The number of rotatable bonds is 4. The van der Waals surface area contributed by atoms with Gasteiger partial charge in [0.2, 0.25) is 5.91 Å². The molecule has 0 radical (unpaired) electrons. The molecule has 0 spiro atoms. The molecule has 2 rings (SSSR count). The number of anilines is 2. The first-order chi connectivity index (χ1) is 9.06. The zero-order valence-electron chi connectivity index (χ0n) is 11.1. The summed E-state index contributed by atoms with van der Waals surface area (Å²) >= 11 is 1.40. The lowest BCUT2D eigenvalue weighted by atomic mass is 10.1. The molecule has 0 aliphatic carbocycles. The maximum Gasteiger partial charge on any atom is 0.224 e. The molecule has 0 saturated heterocycles. The number of amides is 1. The largest absolute Gasteiger partial charge is 0.375 e. The minimum atomic E-state index is 0.000251. The maximum atomic E-state index is 11.9. The zero-order chi connectivity index (χ0) is 13.8. The van der Waals surface area contributed by atoms with Crippen LogP contribution in [-0.2, 0) is 11.2 Å². The number of nitrogens with one attached hydrogen (secondary N) is 1. The molecule has 2 aromatic rings. The van der Waals surface area contributed by atoms with E-state index < -0.39 is 0 Å². The van der Waals surface area contributed by atoms with Crippen LogP contribution in [0.4, 0.5) is 10.8 Å². The van der Waals surface area contributed by atoms with Crippen LogP contribution < -0.4 is 11.1 Å². The molecule has 0 bridgehead atoms. The van der Waals surface area contributed by atoms with Gasteiger partial charge in [-0.15, -0.1) is 11.3 Å². The van der Waals surface area contributed by atoms with E-state index in [1.165, 1.54) is 16.9 Å². The van der Waals surface area contributed by atoms with Gasteiger partial charge >= 0.3 is 0 Å². The Hall–Kier alpha value is -1.88. The van der Waals surface area contributed by atoms with Crippen molar-refractivity contribution in [2.75, 3.05) is 11.1 Å². The van der Waals surface area contributed by atoms with Crippen molar-refractivity contribution >= 4 is 28.1 Å². The van der Waals surface area contributed by atoms with E-state index in [2.05, 4.69) is 10.3 Å². The average molecular weight is 275 g/mol. The predicted octanol–water partition coefficient (Wildman–Crippen LogP) is 2.91. The summed E-state index contributed by atoms with van der Waals surface area (Å²) in [6.45, 7) is 4.04. The summed E-state index contributed by atoms with van der Waals surface area (Å²) in [7, 11) is 0. The van der Waals surface area contributed by atoms with E-state index in [0.717, 1.165) is 16.9 Å². The Morgan fingerprint density at radius 3 is 2.89 bits per heavy atom. The van der Waals surface area contributed by atoms with Crippen molar-refractivity contribution in [1.29, 1.82) is 0 Å². The fourth-order valence-corrected chi connectivity index (χ4v) is 2.38. The quantitative estimate of drug-likeness (QED) is 0.901. The highest BCUT2D eigenvalue weighted by molar-refractivity contribution is 7.13.